The van der Waals surface area contributed by atoms with Crippen molar-refractivity contribution in [2.75, 3.05) is 13.7 Å². The molecule has 1 fully saturated rings. The van der Waals surface area contributed by atoms with Crippen LogP contribution in [0.15, 0.2) is 29.2 Å². The van der Waals surface area contributed by atoms with Crippen LogP contribution in [0, 0.1) is 5.92 Å². The first-order valence-electron chi connectivity index (χ1n) is 9.12. The molecule has 0 bridgehead atoms. The number of methoxy groups -OCH3 is 1. The minimum Gasteiger partial charge on any atom is -0.497 e. The van der Waals surface area contributed by atoms with E-state index in [0.717, 1.165) is 4.90 Å². The number of ether oxygens (including phenoxy) is 1. The third-order valence-corrected chi connectivity index (χ3v) is 7.23. The Bertz CT molecular complexity index is 870. The Morgan fingerprint density at radius 3 is 2.45 bits per heavy atom. The topological polar surface area (TPSA) is 142 Å². The summed E-state index contributed by atoms with van der Waals surface area (Å²) in [5.74, 6) is -2.67. The highest BCUT2D eigenvalue weighted by molar-refractivity contribution is 7.92. The zero-order valence-corrected chi connectivity index (χ0v) is 17.2. The van der Waals surface area contributed by atoms with Crippen LogP contribution in [0.2, 0.25) is 0 Å². The molecule has 2 rings (SSSR count). The molecule has 29 heavy (non-hydrogen) atoms. The minimum atomic E-state index is -4.26. The molecule has 1 aromatic rings. The van der Waals surface area contributed by atoms with E-state index in [9.17, 15) is 22.8 Å². The average Bonchev–Trinajstić information content (AvgIpc) is 2.98. The van der Waals surface area contributed by atoms with Gasteiger partial charge in [0.2, 0.25) is 5.91 Å². The Labute approximate surface area is 169 Å². The summed E-state index contributed by atoms with van der Waals surface area (Å²) in [5, 5.41) is 9.56. The summed E-state index contributed by atoms with van der Waals surface area (Å²) in [4.78, 5) is 37.9. The minimum absolute atomic E-state index is 0.136. The molecule has 3 unspecified atom stereocenters. The molecular weight excluding hydrogens is 402 g/mol. The van der Waals surface area contributed by atoms with E-state index < -0.39 is 44.9 Å². The zero-order chi connectivity index (χ0) is 21.8. The van der Waals surface area contributed by atoms with E-state index in [1.165, 1.54) is 43.8 Å². The normalized spacial score (nSPS) is 18.9. The first kappa shape index (κ1) is 22.6. The lowest BCUT2D eigenvalue weighted by Crippen LogP contribution is -2.53. The lowest BCUT2D eigenvalue weighted by Gasteiger charge is -2.31. The number of nitrogens with one attached hydrogen (secondary N) is 2. The van der Waals surface area contributed by atoms with Gasteiger partial charge in [-0.3, -0.25) is 20.1 Å². The average molecular weight is 427 g/mol. The molecule has 1 aromatic carbocycles. The Hall–Kier alpha value is -2.66. The van der Waals surface area contributed by atoms with Crippen LogP contribution in [0.4, 0.5) is 4.79 Å². The molecule has 3 atom stereocenters. The molecule has 3 N–H and O–H groups in total. The van der Waals surface area contributed by atoms with Gasteiger partial charge < -0.3 is 9.64 Å². The fraction of sp³-hybridized carbons (Fsp3) is 0.500. The van der Waals surface area contributed by atoms with Crippen LogP contribution in [0.25, 0.3) is 0 Å². The van der Waals surface area contributed by atoms with E-state index >= 15 is 0 Å². The van der Waals surface area contributed by atoms with E-state index in [0.29, 0.717) is 18.6 Å². The van der Waals surface area contributed by atoms with E-state index in [2.05, 4.69) is 5.32 Å². The molecular formula is C18H25N3O7S. The molecule has 1 saturated heterocycles. The first-order valence-corrected chi connectivity index (χ1v) is 10.7. The molecule has 0 spiro atoms. The lowest BCUT2D eigenvalue weighted by molar-refractivity contribution is -0.133. The molecule has 10 nitrogen and oxygen atoms in total. The summed E-state index contributed by atoms with van der Waals surface area (Å²) >= 11 is 0. The van der Waals surface area contributed by atoms with Crippen molar-refractivity contribution in [2.24, 2.45) is 5.92 Å². The predicted molar refractivity (Wildman–Crippen MR) is 102 cm³/mol. The van der Waals surface area contributed by atoms with Crippen LogP contribution in [-0.4, -0.2) is 61.3 Å². The predicted octanol–water partition coefficient (Wildman–Crippen LogP) is 0.700. The Kier molecular flexibility index (Phi) is 7.20. The Balaban J connectivity index is 2.57. The maximum Gasteiger partial charge on any atom is 0.324 e. The van der Waals surface area contributed by atoms with Gasteiger partial charge in [0.05, 0.1) is 17.9 Å². The van der Waals surface area contributed by atoms with Crippen molar-refractivity contribution >= 4 is 27.7 Å². The number of hydrogen-bond acceptors (Lipinski definition) is 7. The van der Waals surface area contributed by atoms with Crippen LogP contribution in [0.1, 0.15) is 26.7 Å². The number of hydrogen-bond donors (Lipinski definition) is 3. The summed E-state index contributed by atoms with van der Waals surface area (Å²) in [5.41, 5.74) is 1.44. The van der Waals surface area contributed by atoms with Crippen molar-refractivity contribution < 1.29 is 32.7 Å². The first-order chi connectivity index (χ1) is 13.7. The van der Waals surface area contributed by atoms with E-state index in [-0.39, 0.29) is 11.4 Å². The third-order valence-electron chi connectivity index (χ3n) is 4.92. The van der Waals surface area contributed by atoms with Gasteiger partial charge in [-0.05, 0) is 30.7 Å². The fourth-order valence-electron chi connectivity index (χ4n) is 3.30. The molecule has 0 radical (unpaired) electrons. The van der Waals surface area contributed by atoms with Gasteiger partial charge >= 0.3 is 6.03 Å². The molecule has 11 heteroatoms. The highest BCUT2D eigenvalue weighted by Crippen LogP contribution is 2.30. The number of amides is 4. The number of sulfone groups is 1. The van der Waals surface area contributed by atoms with Gasteiger partial charge in [0, 0.05) is 6.54 Å². The van der Waals surface area contributed by atoms with E-state index in [1.54, 1.807) is 0 Å². The van der Waals surface area contributed by atoms with Crippen LogP contribution < -0.4 is 15.5 Å². The number of benzene rings is 1. The zero-order valence-electron chi connectivity index (χ0n) is 16.4. The monoisotopic (exact) mass is 427 g/mol. The standard InChI is InChI=1S/C18H25N3O7S/c1-4-5-10-21-14(17(23)19-18(21)24)15(11(2)16(22)20-25)29(26,27)13-8-6-12(28-3)7-9-13/h6-9,11,14-15,25H,4-5,10H2,1-3H3,(H,20,22)(H,19,23,24). The lowest BCUT2D eigenvalue weighted by atomic mass is 9.99. The van der Waals surface area contributed by atoms with Crippen molar-refractivity contribution in [2.45, 2.75) is 42.9 Å². The van der Waals surface area contributed by atoms with Gasteiger partial charge in [-0.25, -0.2) is 18.7 Å². The number of rotatable bonds is 9. The summed E-state index contributed by atoms with van der Waals surface area (Å²) < 4.78 is 31.9. The molecule has 0 saturated carbocycles. The Morgan fingerprint density at radius 1 is 1.31 bits per heavy atom. The van der Waals surface area contributed by atoms with Crippen LogP contribution in [0.5, 0.6) is 5.75 Å². The van der Waals surface area contributed by atoms with Gasteiger partial charge in [0.15, 0.2) is 9.84 Å². The van der Waals surface area contributed by atoms with E-state index in [4.69, 9.17) is 9.94 Å². The molecule has 1 heterocycles. The number of carbonyl (C=O) groups excluding carboxylic acids is 3. The summed E-state index contributed by atoms with van der Waals surface area (Å²) in [7, 11) is -2.83. The van der Waals surface area contributed by atoms with Gasteiger partial charge in [-0.2, -0.15) is 0 Å². The molecule has 0 aliphatic carbocycles. The molecule has 4 amide bonds. The van der Waals surface area contributed by atoms with Gasteiger partial charge in [-0.15, -0.1) is 0 Å². The second kappa shape index (κ2) is 9.23. The number of unbranched alkanes of at least 4 members (excludes halogenated alkanes) is 1. The molecule has 160 valence electrons. The van der Waals surface area contributed by atoms with Gasteiger partial charge in [0.25, 0.3) is 5.91 Å². The van der Waals surface area contributed by atoms with Gasteiger partial charge in [0.1, 0.15) is 17.0 Å². The van der Waals surface area contributed by atoms with Crippen molar-refractivity contribution in [1.29, 1.82) is 0 Å². The van der Waals surface area contributed by atoms with Crippen molar-refractivity contribution in [3.8, 4) is 5.75 Å². The summed E-state index contributed by atoms with van der Waals surface area (Å²) in [6.07, 6.45) is 1.26. The number of urea groups is 1. The van der Waals surface area contributed by atoms with E-state index in [1.807, 2.05) is 6.92 Å². The molecule has 1 aliphatic rings. The number of hydroxylamine groups is 1. The SMILES string of the molecule is CCCCN1C(=O)NC(=O)C1C(C(C)C(=O)NO)S(=O)(=O)c1ccc(OC)cc1. The second-order valence-corrected chi connectivity index (χ2v) is 8.84. The number of imide groups is 1. The molecule has 0 aromatic heterocycles. The van der Waals surface area contributed by atoms with Crippen LogP contribution >= 0.6 is 0 Å². The maximum absolute atomic E-state index is 13.4. The fourth-order valence-corrected chi connectivity index (χ4v) is 5.40. The third kappa shape index (κ3) is 4.51. The van der Waals surface area contributed by atoms with Crippen molar-refractivity contribution in [1.82, 2.24) is 15.7 Å². The highest BCUT2D eigenvalue weighted by atomic mass is 32.2. The van der Waals surface area contributed by atoms with Crippen molar-refractivity contribution in [3.05, 3.63) is 24.3 Å². The highest BCUT2D eigenvalue weighted by Gasteiger charge is 2.52. The van der Waals surface area contributed by atoms with Crippen LogP contribution in [0.3, 0.4) is 0 Å². The van der Waals surface area contributed by atoms with Gasteiger partial charge in [-0.1, -0.05) is 20.3 Å². The van der Waals surface area contributed by atoms with Crippen LogP contribution in [-0.2, 0) is 19.4 Å². The van der Waals surface area contributed by atoms with Crippen molar-refractivity contribution in [3.63, 3.8) is 0 Å². The smallest absolute Gasteiger partial charge is 0.324 e. The second-order valence-electron chi connectivity index (χ2n) is 6.74. The Morgan fingerprint density at radius 2 is 1.93 bits per heavy atom. The maximum atomic E-state index is 13.4. The largest absolute Gasteiger partial charge is 0.497 e. The summed E-state index contributed by atoms with van der Waals surface area (Å²) in [6, 6.07) is 3.37. The number of carbonyl (C=O) groups is 3. The molecule has 1 aliphatic heterocycles. The summed E-state index contributed by atoms with van der Waals surface area (Å²) in [6.45, 7) is 3.32. The quantitative estimate of drug-likeness (QED) is 0.299. The number of nitrogens with zero attached hydrogens (tertiary/aromatic N) is 1.